The Morgan fingerprint density at radius 1 is 1.29 bits per heavy atom. The number of hydrogen-bond acceptors (Lipinski definition) is 2. The van der Waals surface area contributed by atoms with Gasteiger partial charge in [-0.25, -0.2) is 0 Å². The van der Waals surface area contributed by atoms with E-state index in [0.717, 1.165) is 6.04 Å². The maximum atomic E-state index is 2.57. The third kappa shape index (κ3) is 3.97. The molecule has 1 heterocycles. The fraction of sp³-hybridized carbons (Fsp3) is 0.733. The molecule has 0 saturated carbocycles. The van der Waals surface area contributed by atoms with E-state index < -0.39 is 0 Å². The molecule has 2 rings (SSSR count). The van der Waals surface area contributed by atoms with Crippen molar-refractivity contribution in [2.24, 2.45) is 0 Å². The quantitative estimate of drug-likeness (QED) is 0.738. The van der Waals surface area contributed by atoms with Gasteiger partial charge in [-0.15, -0.1) is 0 Å². The van der Waals surface area contributed by atoms with Gasteiger partial charge in [0.05, 0.1) is 0 Å². The molecule has 17 heavy (non-hydrogen) atoms. The molecule has 0 aromatic rings. The van der Waals surface area contributed by atoms with Gasteiger partial charge in [-0.3, -0.25) is 0 Å². The molecule has 2 heteroatoms. The van der Waals surface area contributed by atoms with Crippen molar-refractivity contribution in [3.05, 3.63) is 23.8 Å². The second-order valence-electron chi connectivity index (χ2n) is 5.52. The molecule has 96 valence electrons. The van der Waals surface area contributed by atoms with Gasteiger partial charge in [0.1, 0.15) is 0 Å². The first kappa shape index (κ1) is 12.8. The first-order valence-electron chi connectivity index (χ1n) is 7.00. The minimum atomic E-state index is 0.805. The van der Waals surface area contributed by atoms with Crippen LogP contribution in [-0.2, 0) is 0 Å². The van der Waals surface area contributed by atoms with Crippen molar-refractivity contribution in [2.75, 3.05) is 33.7 Å². The predicted octanol–water partition coefficient (Wildman–Crippen LogP) is 2.68. The first-order valence-corrected chi connectivity index (χ1v) is 7.00. The van der Waals surface area contributed by atoms with Crippen LogP contribution >= 0.6 is 0 Å². The molecule has 0 spiro atoms. The van der Waals surface area contributed by atoms with Crippen LogP contribution in [0, 0.1) is 0 Å². The van der Waals surface area contributed by atoms with Gasteiger partial charge in [0, 0.05) is 12.6 Å². The van der Waals surface area contributed by atoms with Crippen LogP contribution in [0.3, 0.4) is 0 Å². The lowest BCUT2D eigenvalue weighted by Crippen LogP contribution is -2.42. The highest BCUT2D eigenvalue weighted by atomic mass is 15.2. The summed E-state index contributed by atoms with van der Waals surface area (Å²) in [6.45, 7) is 3.74. The largest absolute Gasteiger partial charge is 0.306 e. The summed E-state index contributed by atoms with van der Waals surface area (Å²) in [5.74, 6) is 0. The van der Waals surface area contributed by atoms with Crippen molar-refractivity contribution in [1.29, 1.82) is 0 Å². The van der Waals surface area contributed by atoms with Gasteiger partial charge in [0.15, 0.2) is 0 Å². The van der Waals surface area contributed by atoms with Crippen molar-refractivity contribution in [3.8, 4) is 0 Å². The van der Waals surface area contributed by atoms with Crippen LogP contribution < -0.4 is 0 Å². The summed E-state index contributed by atoms with van der Waals surface area (Å²) in [7, 11) is 4.52. The number of piperidine rings is 1. The van der Waals surface area contributed by atoms with Gasteiger partial charge >= 0.3 is 0 Å². The second-order valence-corrected chi connectivity index (χ2v) is 5.52. The summed E-state index contributed by atoms with van der Waals surface area (Å²) in [4.78, 5) is 5.01. The zero-order chi connectivity index (χ0) is 12.1. The zero-order valence-electron chi connectivity index (χ0n) is 11.4. The topological polar surface area (TPSA) is 6.48 Å². The van der Waals surface area contributed by atoms with Crippen LogP contribution in [-0.4, -0.2) is 49.6 Å². The van der Waals surface area contributed by atoms with E-state index in [2.05, 4.69) is 42.1 Å². The molecule has 1 aliphatic carbocycles. The fourth-order valence-electron chi connectivity index (χ4n) is 2.78. The summed E-state index contributed by atoms with van der Waals surface area (Å²) in [6, 6.07) is 0.805. The molecule has 1 saturated heterocycles. The highest BCUT2D eigenvalue weighted by Gasteiger charge is 2.20. The number of allylic oxidation sites excluding steroid dienone is 3. The maximum Gasteiger partial charge on any atom is 0.0117 e. The van der Waals surface area contributed by atoms with E-state index in [-0.39, 0.29) is 0 Å². The van der Waals surface area contributed by atoms with E-state index in [1.807, 2.05) is 0 Å². The monoisotopic (exact) mass is 234 g/mol. The lowest BCUT2D eigenvalue weighted by atomic mass is 10.0. The molecule has 0 aromatic heterocycles. The van der Waals surface area contributed by atoms with Crippen molar-refractivity contribution < 1.29 is 0 Å². The number of rotatable bonds is 4. The van der Waals surface area contributed by atoms with Gasteiger partial charge < -0.3 is 9.80 Å². The summed E-state index contributed by atoms with van der Waals surface area (Å²) in [5.41, 5.74) is 1.54. The Kier molecular flexibility index (Phi) is 4.81. The van der Waals surface area contributed by atoms with Crippen LogP contribution in [0.25, 0.3) is 0 Å². The summed E-state index contributed by atoms with van der Waals surface area (Å²) < 4.78 is 0. The van der Waals surface area contributed by atoms with E-state index in [9.17, 15) is 0 Å². The normalized spacial score (nSPS) is 23.1. The molecule has 1 fully saturated rings. The van der Waals surface area contributed by atoms with Gasteiger partial charge in [-0.05, 0) is 59.3 Å². The molecular weight excluding hydrogens is 208 g/mol. The second kappa shape index (κ2) is 6.36. The Hall–Kier alpha value is -0.600. The fourth-order valence-corrected chi connectivity index (χ4v) is 2.78. The Morgan fingerprint density at radius 3 is 2.71 bits per heavy atom. The van der Waals surface area contributed by atoms with Crippen molar-refractivity contribution >= 4 is 0 Å². The summed E-state index contributed by atoms with van der Waals surface area (Å²) in [5, 5.41) is 0. The van der Waals surface area contributed by atoms with E-state index in [4.69, 9.17) is 0 Å². The molecule has 0 radical (unpaired) electrons. The van der Waals surface area contributed by atoms with Crippen molar-refractivity contribution in [1.82, 2.24) is 9.80 Å². The van der Waals surface area contributed by atoms with Crippen molar-refractivity contribution in [3.63, 3.8) is 0 Å². The molecule has 0 atom stereocenters. The third-order valence-electron chi connectivity index (χ3n) is 4.14. The molecule has 0 unspecified atom stereocenters. The standard InChI is InChI=1S/C15H26N2/c1-16-11-9-15(10-12-16)17(2)13-8-14-6-4-3-5-7-14/h4,6-7,15H,3,5,8-13H2,1-2H3. The zero-order valence-corrected chi connectivity index (χ0v) is 11.4. The predicted molar refractivity (Wildman–Crippen MR) is 74.2 cm³/mol. The van der Waals surface area contributed by atoms with E-state index in [0.29, 0.717) is 0 Å². The molecule has 1 aliphatic heterocycles. The summed E-state index contributed by atoms with van der Waals surface area (Å²) >= 11 is 0. The highest BCUT2D eigenvalue weighted by Crippen LogP contribution is 2.17. The first-order chi connectivity index (χ1) is 8.25. The number of likely N-dealkylation sites (tertiary alicyclic amines) is 1. The minimum Gasteiger partial charge on any atom is -0.306 e. The third-order valence-corrected chi connectivity index (χ3v) is 4.14. The number of nitrogens with zero attached hydrogens (tertiary/aromatic N) is 2. The van der Waals surface area contributed by atoms with Gasteiger partial charge in [0.25, 0.3) is 0 Å². The SMILES string of the molecule is CN1CCC(N(C)CCC2=CCCC=C2)CC1. The van der Waals surface area contributed by atoms with Gasteiger partial charge in [0.2, 0.25) is 0 Å². The lowest BCUT2D eigenvalue weighted by molar-refractivity contribution is 0.146. The van der Waals surface area contributed by atoms with Crippen LogP contribution in [0.2, 0.25) is 0 Å². The van der Waals surface area contributed by atoms with Crippen LogP contribution in [0.1, 0.15) is 32.1 Å². The molecule has 0 bridgehead atoms. The van der Waals surface area contributed by atoms with Crippen LogP contribution in [0.15, 0.2) is 23.8 Å². The molecule has 0 aromatic carbocycles. The number of hydrogen-bond donors (Lipinski definition) is 0. The molecular formula is C15H26N2. The molecule has 2 aliphatic rings. The average Bonchev–Trinajstić information content (AvgIpc) is 2.38. The average molecular weight is 234 g/mol. The Balaban J connectivity index is 1.71. The Bertz CT molecular complexity index is 285. The molecule has 0 N–H and O–H groups in total. The lowest BCUT2D eigenvalue weighted by Gasteiger charge is -2.35. The Labute approximate surface area is 106 Å². The summed E-state index contributed by atoms with van der Waals surface area (Å²) in [6.07, 6.45) is 13.4. The van der Waals surface area contributed by atoms with E-state index in [1.165, 1.54) is 57.3 Å². The molecule has 2 nitrogen and oxygen atoms in total. The smallest absolute Gasteiger partial charge is 0.0117 e. The van der Waals surface area contributed by atoms with Crippen LogP contribution in [0.5, 0.6) is 0 Å². The van der Waals surface area contributed by atoms with Gasteiger partial charge in [-0.1, -0.05) is 23.8 Å². The van der Waals surface area contributed by atoms with Crippen molar-refractivity contribution in [2.45, 2.75) is 38.1 Å². The van der Waals surface area contributed by atoms with E-state index >= 15 is 0 Å². The maximum absolute atomic E-state index is 2.57. The van der Waals surface area contributed by atoms with Crippen LogP contribution in [0.4, 0.5) is 0 Å². The Morgan fingerprint density at radius 2 is 2.06 bits per heavy atom. The highest BCUT2D eigenvalue weighted by molar-refractivity contribution is 5.22. The van der Waals surface area contributed by atoms with E-state index in [1.54, 1.807) is 0 Å². The molecule has 0 amide bonds. The van der Waals surface area contributed by atoms with Gasteiger partial charge in [-0.2, -0.15) is 0 Å². The minimum absolute atomic E-state index is 0.805.